The summed E-state index contributed by atoms with van der Waals surface area (Å²) in [7, 11) is 0. The number of hydrogen-bond acceptors (Lipinski definition) is 3. The second-order valence-electron chi connectivity index (χ2n) is 2.85. The largest absolute Gasteiger partial charge is 0.474 e. The van der Waals surface area contributed by atoms with E-state index in [4.69, 9.17) is 5.11 Å². The normalized spacial score (nSPS) is 10.2. The zero-order valence-corrected chi connectivity index (χ0v) is 7.48. The molecular formula is C10H6FNO3. The van der Waals surface area contributed by atoms with Gasteiger partial charge in [0.2, 0.25) is 0 Å². The summed E-state index contributed by atoms with van der Waals surface area (Å²) in [6, 6.07) is 5.68. The summed E-state index contributed by atoms with van der Waals surface area (Å²) in [6.45, 7) is 0. The molecule has 1 aromatic carbocycles. The molecule has 0 amide bonds. The fourth-order valence-corrected chi connectivity index (χ4v) is 1.15. The number of carbonyl (C=O) groups is 1. The lowest BCUT2D eigenvalue weighted by Crippen LogP contribution is -1.95. The molecule has 1 aromatic heterocycles. The maximum Gasteiger partial charge on any atom is 0.392 e. The van der Waals surface area contributed by atoms with E-state index >= 15 is 0 Å². The first kappa shape index (κ1) is 9.39. The minimum Gasteiger partial charge on any atom is -0.474 e. The Balaban J connectivity index is 2.41. The number of carboxylic acids is 1. The van der Waals surface area contributed by atoms with Gasteiger partial charge >= 0.3 is 11.9 Å². The monoisotopic (exact) mass is 207 g/mol. The van der Waals surface area contributed by atoms with Crippen molar-refractivity contribution in [3.05, 3.63) is 42.2 Å². The number of carboxylic acid groups (broad SMARTS) is 1. The highest BCUT2D eigenvalue weighted by atomic mass is 19.1. The van der Waals surface area contributed by atoms with E-state index in [1.165, 1.54) is 24.5 Å². The third kappa shape index (κ3) is 1.85. The van der Waals surface area contributed by atoms with E-state index in [0.29, 0.717) is 11.3 Å². The van der Waals surface area contributed by atoms with Crippen LogP contribution in [0, 0.1) is 5.82 Å². The van der Waals surface area contributed by atoms with E-state index in [0.717, 1.165) is 0 Å². The average Bonchev–Trinajstić information content (AvgIpc) is 2.66. The fourth-order valence-electron chi connectivity index (χ4n) is 1.15. The van der Waals surface area contributed by atoms with Gasteiger partial charge in [-0.25, -0.2) is 14.2 Å². The molecule has 4 nitrogen and oxygen atoms in total. The second-order valence-corrected chi connectivity index (χ2v) is 2.85. The zero-order chi connectivity index (χ0) is 10.8. The molecule has 0 fully saturated rings. The van der Waals surface area contributed by atoms with Crippen LogP contribution in [0.25, 0.3) is 11.3 Å². The molecule has 15 heavy (non-hydrogen) atoms. The summed E-state index contributed by atoms with van der Waals surface area (Å²) >= 11 is 0. The van der Waals surface area contributed by atoms with Gasteiger partial charge in [-0.2, -0.15) is 0 Å². The molecule has 0 saturated heterocycles. The number of halogens is 1. The van der Waals surface area contributed by atoms with Gasteiger partial charge in [-0.05, 0) is 12.1 Å². The number of aromatic carboxylic acids is 1. The quantitative estimate of drug-likeness (QED) is 0.819. The van der Waals surface area contributed by atoms with Crippen molar-refractivity contribution in [3.63, 3.8) is 0 Å². The van der Waals surface area contributed by atoms with Crippen LogP contribution in [0.15, 0.2) is 34.9 Å². The van der Waals surface area contributed by atoms with Gasteiger partial charge in [0.05, 0.1) is 0 Å². The van der Waals surface area contributed by atoms with Gasteiger partial charge in [0.15, 0.2) is 0 Å². The molecule has 5 heteroatoms. The van der Waals surface area contributed by atoms with Crippen LogP contribution in [0.1, 0.15) is 10.7 Å². The molecule has 0 saturated carbocycles. The summed E-state index contributed by atoms with van der Waals surface area (Å²) < 4.78 is 17.5. The van der Waals surface area contributed by atoms with Crippen molar-refractivity contribution >= 4 is 5.97 Å². The summed E-state index contributed by atoms with van der Waals surface area (Å²) in [5, 5.41) is 8.57. The Hall–Kier alpha value is -2.17. The van der Waals surface area contributed by atoms with Crippen molar-refractivity contribution in [2.75, 3.05) is 0 Å². The molecular weight excluding hydrogens is 201 g/mol. The molecule has 1 N–H and O–H groups in total. The van der Waals surface area contributed by atoms with Crippen LogP contribution in [0.2, 0.25) is 0 Å². The van der Waals surface area contributed by atoms with Gasteiger partial charge in [-0.15, -0.1) is 0 Å². The minimum absolute atomic E-state index is 0.298. The molecule has 76 valence electrons. The Morgan fingerprint density at radius 1 is 1.47 bits per heavy atom. The lowest BCUT2D eigenvalue weighted by molar-refractivity contribution is 0.0653. The fraction of sp³-hybridized carbons (Fsp3) is 0. The van der Waals surface area contributed by atoms with Crippen LogP contribution in [-0.2, 0) is 0 Å². The van der Waals surface area contributed by atoms with Gasteiger partial charge < -0.3 is 9.52 Å². The van der Waals surface area contributed by atoms with Crippen LogP contribution in [0.4, 0.5) is 4.39 Å². The van der Waals surface area contributed by atoms with E-state index in [9.17, 15) is 9.18 Å². The van der Waals surface area contributed by atoms with Gasteiger partial charge in [0.25, 0.3) is 0 Å². The molecule has 0 aliphatic heterocycles. The van der Waals surface area contributed by atoms with Gasteiger partial charge in [-0.1, -0.05) is 12.1 Å². The molecule has 0 aliphatic carbocycles. The number of oxazole rings is 1. The third-order valence-corrected chi connectivity index (χ3v) is 1.81. The molecule has 0 spiro atoms. The average molecular weight is 207 g/mol. The topological polar surface area (TPSA) is 63.3 Å². The van der Waals surface area contributed by atoms with Gasteiger partial charge in [0.1, 0.15) is 17.8 Å². The van der Waals surface area contributed by atoms with Crippen molar-refractivity contribution in [1.82, 2.24) is 4.98 Å². The molecule has 0 unspecified atom stereocenters. The van der Waals surface area contributed by atoms with Gasteiger partial charge in [0, 0.05) is 5.56 Å². The first-order valence-corrected chi connectivity index (χ1v) is 4.11. The molecule has 2 aromatic rings. The number of aromatic nitrogens is 1. The molecule has 0 radical (unpaired) electrons. The van der Waals surface area contributed by atoms with Crippen molar-refractivity contribution in [2.24, 2.45) is 0 Å². The van der Waals surface area contributed by atoms with E-state index in [-0.39, 0.29) is 0 Å². The summed E-state index contributed by atoms with van der Waals surface area (Å²) in [6.07, 6.45) is 1.18. The first-order chi connectivity index (χ1) is 7.16. The maximum absolute atomic E-state index is 12.8. The molecule has 0 bridgehead atoms. The number of hydrogen-bond donors (Lipinski definition) is 1. The standard InChI is InChI=1S/C10H6FNO3/c11-7-3-1-2-6(4-7)8-5-15-9(12-8)10(13)14/h1-5H,(H,13,14). The van der Waals surface area contributed by atoms with E-state index in [1.54, 1.807) is 6.07 Å². The summed E-state index contributed by atoms with van der Waals surface area (Å²) in [5.74, 6) is -2.07. The highest BCUT2D eigenvalue weighted by Crippen LogP contribution is 2.19. The van der Waals surface area contributed by atoms with Crippen molar-refractivity contribution in [2.45, 2.75) is 0 Å². The van der Waals surface area contributed by atoms with Crippen molar-refractivity contribution in [1.29, 1.82) is 0 Å². The second kappa shape index (κ2) is 3.53. The highest BCUT2D eigenvalue weighted by Gasteiger charge is 2.12. The Kier molecular flexibility index (Phi) is 2.21. The Morgan fingerprint density at radius 3 is 2.87 bits per heavy atom. The van der Waals surface area contributed by atoms with Crippen LogP contribution in [0.5, 0.6) is 0 Å². The predicted molar refractivity (Wildman–Crippen MR) is 48.9 cm³/mol. The highest BCUT2D eigenvalue weighted by molar-refractivity contribution is 5.83. The zero-order valence-electron chi connectivity index (χ0n) is 7.48. The number of rotatable bonds is 2. The summed E-state index contributed by atoms with van der Waals surface area (Å²) in [5.41, 5.74) is 0.776. The lowest BCUT2D eigenvalue weighted by atomic mass is 10.2. The molecule has 0 atom stereocenters. The SMILES string of the molecule is O=C(O)c1nc(-c2cccc(F)c2)co1. The van der Waals surface area contributed by atoms with Gasteiger partial charge in [-0.3, -0.25) is 0 Å². The molecule has 0 aliphatic rings. The van der Waals surface area contributed by atoms with Crippen molar-refractivity contribution < 1.29 is 18.7 Å². The van der Waals surface area contributed by atoms with Crippen molar-refractivity contribution in [3.8, 4) is 11.3 Å². The van der Waals surface area contributed by atoms with E-state index < -0.39 is 17.7 Å². The summed E-state index contributed by atoms with van der Waals surface area (Å²) in [4.78, 5) is 14.2. The molecule has 1 heterocycles. The maximum atomic E-state index is 12.8. The molecule has 2 rings (SSSR count). The van der Waals surface area contributed by atoms with E-state index in [1.807, 2.05) is 0 Å². The van der Waals surface area contributed by atoms with Crippen LogP contribution >= 0.6 is 0 Å². The minimum atomic E-state index is -1.25. The number of nitrogens with zero attached hydrogens (tertiary/aromatic N) is 1. The van der Waals surface area contributed by atoms with Crippen LogP contribution in [0.3, 0.4) is 0 Å². The predicted octanol–water partition coefficient (Wildman–Crippen LogP) is 2.18. The smallest absolute Gasteiger partial charge is 0.392 e. The third-order valence-electron chi connectivity index (χ3n) is 1.81. The lowest BCUT2D eigenvalue weighted by Gasteiger charge is -1.93. The first-order valence-electron chi connectivity index (χ1n) is 4.11. The Morgan fingerprint density at radius 2 is 2.27 bits per heavy atom. The Labute approximate surface area is 84.0 Å². The Bertz CT molecular complexity index is 507. The number of benzene rings is 1. The van der Waals surface area contributed by atoms with E-state index in [2.05, 4.69) is 9.40 Å². The van der Waals surface area contributed by atoms with Crippen LogP contribution < -0.4 is 0 Å². The van der Waals surface area contributed by atoms with Crippen LogP contribution in [-0.4, -0.2) is 16.1 Å².